The number of hydrogen-bond acceptors (Lipinski definition) is 3. The van der Waals surface area contributed by atoms with E-state index in [1.807, 2.05) is 0 Å². The largest absolute Gasteiger partial charge is 0.459 e. The zero-order valence-electron chi connectivity index (χ0n) is 10.2. The van der Waals surface area contributed by atoms with E-state index in [0.717, 1.165) is 25.9 Å². The number of carbonyl (C=O) groups excluding carboxylic acids is 1. The van der Waals surface area contributed by atoms with Gasteiger partial charge in [-0.2, -0.15) is 0 Å². The van der Waals surface area contributed by atoms with Crippen LogP contribution in [-0.4, -0.2) is 37.0 Å². The summed E-state index contributed by atoms with van der Waals surface area (Å²) in [5, 5.41) is 2.86. The molecule has 1 amide bonds. The third-order valence-corrected chi connectivity index (χ3v) is 3.13. The van der Waals surface area contributed by atoms with Crippen LogP contribution in [0.15, 0.2) is 22.8 Å². The fourth-order valence-corrected chi connectivity index (χ4v) is 2.16. The third-order valence-electron chi connectivity index (χ3n) is 3.13. The van der Waals surface area contributed by atoms with E-state index in [-0.39, 0.29) is 5.91 Å². The van der Waals surface area contributed by atoms with Crippen molar-refractivity contribution in [3.8, 4) is 0 Å². The first-order chi connectivity index (χ1) is 8.36. The van der Waals surface area contributed by atoms with Gasteiger partial charge in [-0.3, -0.25) is 4.79 Å². The smallest absolute Gasteiger partial charge is 0.286 e. The molecule has 0 unspecified atom stereocenters. The van der Waals surface area contributed by atoms with E-state index in [4.69, 9.17) is 4.42 Å². The first kappa shape index (κ1) is 12.2. The average molecular weight is 236 g/mol. The van der Waals surface area contributed by atoms with Crippen molar-refractivity contribution in [2.24, 2.45) is 0 Å². The molecule has 4 heteroatoms. The summed E-state index contributed by atoms with van der Waals surface area (Å²) >= 11 is 0. The Bertz CT molecular complexity index is 329. The summed E-state index contributed by atoms with van der Waals surface area (Å²) in [7, 11) is 0. The molecule has 94 valence electrons. The molecule has 17 heavy (non-hydrogen) atoms. The van der Waals surface area contributed by atoms with E-state index in [2.05, 4.69) is 10.2 Å². The Morgan fingerprint density at radius 1 is 1.35 bits per heavy atom. The lowest BCUT2D eigenvalue weighted by atomic mass is 10.3. The molecule has 4 nitrogen and oxygen atoms in total. The summed E-state index contributed by atoms with van der Waals surface area (Å²) in [5.74, 6) is 0.278. The van der Waals surface area contributed by atoms with Crippen molar-refractivity contribution in [2.75, 3.05) is 26.2 Å². The summed E-state index contributed by atoms with van der Waals surface area (Å²) in [4.78, 5) is 14.0. The van der Waals surface area contributed by atoms with E-state index in [0.29, 0.717) is 5.76 Å². The molecule has 1 aromatic heterocycles. The minimum Gasteiger partial charge on any atom is -0.459 e. The zero-order chi connectivity index (χ0) is 11.9. The SMILES string of the molecule is O=C(NCCCCN1CCCC1)c1ccco1. The van der Waals surface area contributed by atoms with Crippen molar-refractivity contribution in [3.05, 3.63) is 24.2 Å². The molecule has 0 aliphatic carbocycles. The summed E-state index contributed by atoms with van der Waals surface area (Å²) in [5.41, 5.74) is 0. The molecule has 2 rings (SSSR count). The molecular weight excluding hydrogens is 216 g/mol. The van der Waals surface area contributed by atoms with Crippen LogP contribution in [0.4, 0.5) is 0 Å². The van der Waals surface area contributed by atoms with E-state index in [1.165, 1.54) is 32.2 Å². The zero-order valence-corrected chi connectivity index (χ0v) is 10.2. The van der Waals surface area contributed by atoms with Crippen LogP contribution in [0.2, 0.25) is 0 Å². The van der Waals surface area contributed by atoms with Crippen molar-refractivity contribution in [1.29, 1.82) is 0 Å². The summed E-state index contributed by atoms with van der Waals surface area (Å²) < 4.78 is 5.01. The highest BCUT2D eigenvalue weighted by Crippen LogP contribution is 2.08. The van der Waals surface area contributed by atoms with E-state index in [1.54, 1.807) is 12.1 Å². The van der Waals surface area contributed by atoms with Crippen LogP contribution in [0, 0.1) is 0 Å². The van der Waals surface area contributed by atoms with Crippen LogP contribution in [0.3, 0.4) is 0 Å². The highest BCUT2D eigenvalue weighted by atomic mass is 16.3. The lowest BCUT2D eigenvalue weighted by Crippen LogP contribution is -2.25. The van der Waals surface area contributed by atoms with Gasteiger partial charge in [0.15, 0.2) is 5.76 Å². The Hall–Kier alpha value is -1.29. The van der Waals surface area contributed by atoms with Gasteiger partial charge in [-0.1, -0.05) is 0 Å². The molecule has 0 atom stereocenters. The van der Waals surface area contributed by atoms with Crippen LogP contribution in [0.25, 0.3) is 0 Å². The summed E-state index contributed by atoms with van der Waals surface area (Å²) in [6.07, 6.45) is 6.38. The van der Waals surface area contributed by atoms with Crippen LogP contribution in [0.5, 0.6) is 0 Å². The van der Waals surface area contributed by atoms with Crippen LogP contribution >= 0.6 is 0 Å². The number of furan rings is 1. The van der Waals surface area contributed by atoms with Crippen molar-refractivity contribution in [2.45, 2.75) is 25.7 Å². The van der Waals surface area contributed by atoms with Crippen LogP contribution in [-0.2, 0) is 0 Å². The Labute approximate surface area is 102 Å². The minimum absolute atomic E-state index is 0.115. The summed E-state index contributed by atoms with van der Waals surface area (Å²) in [6, 6.07) is 3.40. The molecule has 1 N–H and O–H groups in total. The highest BCUT2D eigenvalue weighted by molar-refractivity contribution is 5.91. The lowest BCUT2D eigenvalue weighted by molar-refractivity contribution is 0.0925. The van der Waals surface area contributed by atoms with Gasteiger partial charge in [-0.15, -0.1) is 0 Å². The molecule has 2 heterocycles. The molecule has 0 aromatic carbocycles. The Morgan fingerprint density at radius 3 is 2.88 bits per heavy atom. The second-order valence-electron chi connectivity index (χ2n) is 4.49. The second kappa shape index (κ2) is 6.45. The number of nitrogens with one attached hydrogen (secondary N) is 1. The van der Waals surface area contributed by atoms with Crippen molar-refractivity contribution in [1.82, 2.24) is 10.2 Å². The molecule has 0 spiro atoms. The number of amides is 1. The van der Waals surface area contributed by atoms with E-state index < -0.39 is 0 Å². The van der Waals surface area contributed by atoms with Gasteiger partial charge in [-0.05, 0) is 57.5 Å². The minimum atomic E-state index is -0.115. The number of hydrogen-bond donors (Lipinski definition) is 1. The highest BCUT2D eigenvalue weighted by Gasteiger charge is 2.10. The molecular formula is C13H20N2O2. The number of unbranched alkanes of at least 4 members (excludes halogenated alkanes) is 1. The van der Waals surface area contributed by atoms with Crippen molar-refractivity contribution >= 4 is 5.91 Å². The molecule has 1 saturated heterocycles. The average Bonchev–Trinajstić information content (AvgIpc) is 3.01. The molecule has 0 radical (unpaired) electrons. The molecule has 1 aromatic rings. The number of carbonyl (C=O) groups is 1. The first-order valence-corrected chi connectivity index (χ1v) is 6.40. The van der Waals surface area contributed by atoms with Crippen LogP contribution < -0.4 is 5.32 Å². The third kappa shape index (κ3) is 3.89. The monoisotopic (exact) mass is 236 g/mol. The standard InChI is InChI=1S/C13H20N2O2/c16-13(12-6-5-11-17-12)14-7-1-2-8-15-9-3-4-10-15/h5-6,11H,1-4,7-10H2,(H,14,16). The Balaban J connectivity index is 1.52. The first-order valence-electron chi connectivity index (χ1n) is 6.40. The van der Waals surface area contributed by atoms with E-state index in [9.17, 15) is 4.79 Å². The van der Waals surface area contributed by atoms with Gasteiger partial charge in [0.05, 0.1) is 6.26 Å². The Morgan fingerprint density at radius 2 is 2.18 bits per heavy atom. The lowest BCUT2D eigenvalue weighted by Gasteiger charge is -2.13. The van der Waals surface area contributed by atoms with Gasteiger partial charge in [0.25, 0.3) is 5.91 Å². The number of nitrogens with zero attached hydrogens (tertiary/aromatic N) is 1. The quantitative estimate of drug-likeness (QED) is 0.767. The topological polar surface area (TPSA) is 45.5 Å². The molecule has 0 bridgehead atoms. The van der Waals surface area contributed by atoms with Gasteiger partial charge < -0.3 is 14.6 Å². The maximum absolute atomic E-state index is 11.5. The number of rotatable bonds is 6. The fourth-order valence-electron chi connectivity index (χ4n) is 2.16. The maximum atomic E-state index is 11.5. The van der Waals surface area contributed by atoms with E-state index >= 15 is 0 Å². The molecule has 1 fully saturated rings. The summed E-state index contributed by atoms with van der Waals surface area (Å²) in [6.45, 7) is 4.39. The predicted octanol–water partition coefficient (Wildman–Crippen LogP) is 1.89. The molecule has 1 aliphatic heterocycles. The van der Waals surface area contributed by atoms with Gasteiger partial charge in [-0.25, -0.2) is 0 Å². The Kier molecular flexibility index (Phi) is 4.62. The van der Waals surface area contributed by atoms with Gasteiger partial charge >= 0.3 is 0 Å². The normalized spacial score (nSPS) is 16.2. The van der Waals surface area contributed by atoms with Crippen molar-refractivity contribution in [3.63, 3.8) is 0 Å². The molecule has 1 aliphatic rings. The van der Waals surface area contributed by atoms with Crippen molar-refractivity contribution < 1.29 is 9.21 Å². The van der Waals surface area contributed by atoms with Crippen LogP contribution in [0.1, 0.15) is 36.2 Å². The predicted molar refractivity (Wildman–Crippen MR) is 65.9 cm³/mol. The van der Waals surface area contributed by atoms with Gasteiger partial charge in [0.2, 0.25) is 0 Å². The van der Waals surface area contributed by atoms with Gasteiger partial charge in [0.1, 0.15) is 0 Å². The second-order valence-corrected chi connectivity index (χ2v) is 4.49. The number of likely N-dealkylation sites (tertiary alicyclic amines) is 1. The maximum Gasteiger partial charge on any atom is 0.286 e. The molecule has 0 saturated carbocycles. The van der Waals surface area contributed by atoms with Gasteiger partial charge in [0, 0.05) is 6.54 Å². The fraction of sp³-hybridized carbons (Fsp3) is 0.615.